The molecule has 2 atom stereocenters. The van der Waals surface area contributed by atoms with Gasteiger partial charge in [0.25, 0.3) is 0 Å². The SMILES string of the molecule is CCOC(=O)[C@H](COC)C[C@@H](Cc1ccc(-c2cccc(Cl)c2)cc1)NC(=O)OC(C)(C)C. The Morgan fingerprint density at radius 3 is 2.33 bits per heavy atom. The normalized spacial score (nSPS) is 13.2. The molecule has 0 fully saturated rings. The van der Waals surface area contributed by atoms with Crippen LogP contribution in [0.1, 0.15) is 39.7 Å². The molecule has 0 unspecified atom stereocenters. The van der Waals surface area contributed by atoms with Crippen LogP contribution in [0.5, 0.6) is 0 Å². The van der Waals surface area contributed by atoms with E-state index in [2.05, 4.69) is 5.32 Å². The van der Waals surface area contributed by atoms with E-state index in [1.165, 1.54) is 7.11 Å². The highest BCUT2D eigenvalue weighted by Gasteiger charge is 2.27. The smallest absolute Gasteiger partial charge is 0.407 e. The fourth-order valence-corrected chi connectivity index (χ4v) is 3.68. The Morgan fingerprint density at radius 2 is 1.76 bits per heavy atom. The number of halogens is 1. The molecule has 1 amide bonds. The second-order valence-electron chi connectivity index (χ2n) is 8.89. The van der Waals surface area contributed by atoms with E-state index in [1.54, 1.807) is 6.92 Å². The van der Waals surface area contributed by atoms with Crippen molar-refractivity contribution in [2.75, 3.05) is 20.3 Å². The van der Waals surface area contributed by atoms with Crippen molar-refractivity contribution in [3.05, 3.63) is 59.1 Å². The summed E-state index contributed by atoms with van der Waals surface area (Å²) in [6.45, 7) is 7.68. The van der Waals surface area contributed by atoms with Crippen LogP contribution in [0.2, 0.25) is 5.02 Å². The van der Waals surface area contributed by atoms with Crippen molar-refractivity contribution < 1.29 is 23.8 Å². The zero-order chi connectivity index (χ0) is 24.4. The maximum Gasteiger partial charge on any atom is 0.407 e. The zero-order valence-electron chi connectivity index (χ0n) is 20.0. The highest BCUT2D eigenvalue weighted by Crippen LogP contribution is 2.24. The van der Waals surface area contributed by atoms with Gasteiger partial charge in [-0.05, 0) is 69.4 Å². The Labute approximate surface area is 201 Å². The highest BCUT2D eigenvalue weighted by atomic mass is 35.5. The fraction of sp³-hybridized carbons (Fsp3) is 0.462. The number of nitrogens with one attached hydrogen (secondary N) is 1. The number of carbonyl (C=O) groups is 2. The third-order valence-corrected chi connectivity index (χ3v) is 5.11. The van der Waals surface area contributed by atoms with Gasteiger partial charge >= 0.3 is 12.1 Å². The molecule has 7 heteroatoms. The Balaban J connectivity index is 2.19. The predicted molar refractivity (Wildman–Crippen MR) is 130 cm³/mol. The second-order valence-corrected chi connectivity index (χ2v) is 9.33. The molecule has 0 aliphatic carbocycles. The van der Waals surface area contributed by atoms with Gasteiger partial charge in [0.2, 0.25) is 0 Å². The van der Waals surface area contributed by atoms with Gasteiger partial charge in [-0.25, -0.2) is 4.79 Å². The molecule has 33 heavy (non-hydrogen) atoms. The minimum atomic E-state index is -0.625. The topological polar surface area (TPSA) is 73.9 Å². The van der Waals surface area contributed by atoms with Crippen LogP contribution in [0.3, 0.4) is 0 Å². The van der Waals surface area contributed by atoms with Crippen molar-refractivity contribution in [1.29, 1.82) is 0 Å². The molecule has 2 aromatic carbocycles. The van der Waals surface area contributed by atoms with Crippen molar-refractivity contribution in [3.63, 3.8) is 0 Å². The number of alkyl carbamates (subject to hydrolysis) is 1. The van der Waals surface area contributed by atoms with E-state index in [-0.39, 0.29) is 25.2 Å². The van der Waals surface area contributed by atoms with E-state index in [4.69, 9.17) is 25.8 Å². The average molecular weight is 476 g/mol. The molecular formula is C26H34ClNO5. The van der Waals surface area contributed by atoms with Crippen LogP contribution >= 0.6 is 11.6 Å². The maximum absolute atomic E-state index is 12.5. The molecule has 0 spiro atoms. The lowest BCUT2D eigenvalue weighted by atomic mass is 9.94. The van der Waals surface area contributed by atoms with Crippen LogP contribution in [0.25, 0.3) is 11.1 Å². The number of ether oxygens (including phenoxy) is 3. The first-order valence-electron chi connectivity index (χ1n) is 11.1. The molecule has 1 N–H and O–H groups in total. The maximum atomic E-state index is 12.5. The number of benzene rings is 2. The number of hydrogen-bond acceptors (Lipinski definition) is 5. The number of methoxy groups -OCH3 is 1. The number of amides is 1. The van der Waals surface area contributed by atoms with Gasteiger partial charge in [0.05, 0.1) is 19.1 Å². The molecule has 0 saturated heterocycles. The molecule has 2 aromatic rings. The summed E-state index contributed by atoms with van der Waals surface area (Å²) in [7, 11) is 1.54. The summed E-state index contributed by atoms with van der Waals surface area (Å²) in [6, 6.07) is 15.4. The summed E-state index contributed by atoms with van der Waals surface area (Å²) in [5.41, 5.74) is 2.46. The summed E-state index contributed by atoms with van der Waals surface area (Å²) >= 11 is 6.11. The van der Waals surface area contributed by atoms with E-state index < -0.39 is 17.6 Å². The first-order chi connectivity index (χ1) is 15.6. The van der Waals surface area contributed by atoms with E-state index in [1.807, 2.05) is 69.3 Å². The Morgan fingerprint density at radius 1 is 1.06 bits per heavy atom. The molecule has 0 aliphatic rings. The van der Waals surface area contributed by atoms with Gasteiger partial charge in [-0.3, -0.25) is 4.79 Å². The van der Waals surface area contributed by atoms with Gasteiger partial charge < -0.3 is 19.5 Å². The monoisotopic (exact) mass is 475 g/mol. The Kier molecular flexibility index (Phi) is 10.2. The van der Waals surface area contributed by atoms with Gasteiger partial charge in [-0.1, -0.05) is 48.0 Å². The van der Waals surface area contributed by atoms with Crippen molar-refractivity contribution in [2.24, 2.45) is 5.92 Å². The van der Waals surface area contributed by atoms with Crippen LogP contribution in [-0.4, -0.2) is 44.0 Å². The third-order valence-electron chi connectivity index (χ3n) is 4.87. The van der Waals surface area contributed by atoms with Crippen LogP contribution in [0.4, 0.5) is 4.79 Å². The van der Waals surface area contributed by atoms with Crippen LogP contribution in [0.15, 0.2) is 48.5 Å². The summed E-state index contributed by atoms with van der Waals surface area (Å²) in [5.74, 6) is -0.840. The highest BCUT2D eigenvalue weighted by molar-refractivity contribution is 6.30. The van der Waals surface area contributed by atoms with Gasteiger partial charge in [0, 0.05) is 18.2 Å². The van der Waals surface area contributed by atoms with Crippen LogP contribution in [-0.2, 0) is 25.4 Å². The van der Waals surface area contributed by atoms with Gasteiger partial charge in [-0.2, -0.15) is 0 Å². The molecule has 0 saturated carbocycles. The average Bonchev–Trinajstić information content (AvgIpc) is 2.72. The molecule has 0 aliphatic heterocycles. The quantitative estimate of drug-likeness (QED) is 0.449. The largest absolute Gasteiger partial charge is 0.466 e. The van der Waals surface area contributed by atoms with Crippen molar-refractivity contribution in [3.8, 4) is 11.1 Å². The summed E-state index contributed by atoms with van der Waals surface area (Å²) in [6.07, 6.45) is 0.361. The lowest BCUT2D eigenvalue weighted by Crippen LogP contribution is -2.42. The van der Waals surface area contributed by atoms with Crippen molar-refractivity contribution in [1.82, 2.24) is 5.32 Å². The Bertz CT molecular complexity index is 908. The number of esters is 1. The van der Waals surface area contributed by atoms with Crippen molar-refractivity contribution >= 4 is 23.7 Å². The van der Waals surface area contributed by atoms with E-state index in [9.17, 15) is 9.59 Å². The second kappa shape index (κ2) is 12.6. The zero-order valence-corrected chi connectivity index (χ0v) is 20.8. The van der Waals surface area contributed by atoms with E-state index in [0.717, 1.165) is 16.7 Å². The number of hydrogen-bond donors (Lipinski definition) is 1. The predicted octanol–water partition coefficient (Wildman–Crippen LogP) is 5.66. The lowest BCUT2D eigenvalue weighted by Gasteiger charge is -2.26. The standard InChI is InChI=1S/C26H34ClNO5/c1-6-32-24(29)21(17-31-5)16-23(28-25(30)33-26(2,3)4)14-18-10-12-19(13-11-18)20-8-7-9-22(27)15-20/h7-13,15,21,23H,6,14,16-17H2,1-5H3,(H,28,30)/t21-,23+/m0/s1. The lowest BCUT2D eigenvalue weighted by molar-refractivity contribution is -0.150. The van der Waals surface area contributed by atoms with E-state index in [0.29, 0.717) is 17.9 Å². The molecule has 0 radical (unpaired) electrons. The minimum absolute atomic E-state index is 0.207. The molecular weight excluding hydrogens is 442 g/mol. The van der Waals surface area contributed by atoms with Gasteiger partial charge in [-0.15, -0.1) is 0 Å². The summed E-state index contributed by atoms with van der Waals surface area (Å²) < 4.78 is 15.9. The van der Waals surface area contributed by atoms with Crippen LogP contribution in [0, 0.1) is 5.92 Å². The molecule has 2 rings (SSSR count). The fourth-order valence-electron chi connectivity index (χ4n) is 3.49. The number of rotatable bonds is 10. The third kappa shape index (κ3) is 9.44. The molecule has 0 heterocycles. The van der Waals surface area contributed by atoms with Gasteiger partial charge in [0.1, 0.15) is 5.60 Å². The van der Waals surface area contributed by atoms with E-state index >= 15 is 0 Å². The first-order valence-corrected chi connectivity index (χ1v) is 11.5. The summed E-state index contributed by atoms with van der Waals surface area (Å²) in [5, 5.41) is 3.60. The van der Waals surface area contributed by atoms with Crippen molar-refractivity contribution in [2.45, 2.75) is 52.2 Å². The number of carbonyl (C=O) groups excluding carboxylic acids is 2. The first kappa shape index (κ1) is 26.7. The van der Waals surface area contributed by atoms with Crippen LogP contribution < -0.4 is 5.32 Å². The molecule has 0 bridgehead atoms. The van der Waals surface area contributed by atoms with Gasteiger partial charge in [0.15, 0.2) is 0 Å². The summed E-state index contributed by atoms with van der Waals surface area (Å²) in [4.78, 5) is 24.9. The molecule has 180 valence electrons. The Hall–Kier alpha value is -2.57. The molecule has 6 nitrogen and oxygen atoms in total. The minimum Gasteiger partial charge on any atom is -0.466 e. The molecule has 0 aromatic heterocycles.